The number of aryl methyl sites for hydroxylation is 1. The van der Waals surface area contributed by atoms with Crippen LogP contribution in [0.15, 0.2) is 18.3 Å². The first kappa shape index (κ1) is 20.7. The molecule has 1 aromatic carbocycles. The fourth-order valence-corrected chi connectivity index (χ4v) is 3.50. The molecule has 3 heterocycles. The van der Waals surface area contributed by atoms with Crippen molar-refractivity contribution in [2.45, 2.75) is 31.8 Å². The third-order valence-electron chi connectivity index (χ3n) is 5.04. The van der Waals surface area contributed by atoms with Gasteiger partial charge in [0.25, 0.3) is 0 Å². The van der Waals surface area contributed by atoms with Crippen molar-refractivity contribution in [3.63, 3.8) is 0 Å². The Morgan fingerprint density at radius 2 is 2.03 bits per heavy atom. The summed E-state index contributed by atoms with van der Waals surface area (Å²) in [6.07, 6.45) is 1.61. The Bertz CT molecular complexity index is 1040. The van der Waals surface area contributed by atoms with Crippen LogP contribution < -0.4 is 9.39 Å². The summed E-state index contributed by atoms with van der Waals surface area (Å²) < 4.78 is 12.4. The predicted molar refractivity (Wildman–Crippen MR) is 103 cm³/mol. The van der Waals surface area contributed by atoms with Crippen LogP contribution in [0.3, 0.4) is 0 Å². The zero-order valence-corrected chi connectivity index (χ0v) is 16.3. The van der Waals surface area contributed by atoms with Crippen molar-refractivity contribution in [3.8, 4) is 11.5 Å². The number of nitrogens with zero attached hydrogens (tertiary/aromatic N) is 4. The molecule has 0 unspecified atom stereocenters. The number of aromatic nitrogens is 3. The third-order valence-corrected chi connectivity index (χ3v) is 5.04. The number of aliphatic carboxylic acids is 1. The molecule has 0 radical (unpaired) electrons. The predicted octanol–water partition coefficient (Wildman–Crippen LogP) is -0.691. The van der Waals surface area contributed by atoms with Gasteiger partial charge in [-0.25, -0.2) is 9.48 Å². The van der Waals surface area contributed by atoms with Gasteiger partial charge in [0.15, 0.2) is 0 Å². The number of carbonyl (C=O) groups excluding carboxylic acids is 1. The summed E-state index contributed by atoms with van der Waals surface area (Å²) in [5.41, 5.74) is 0.802. The van der Waals surface area contributed by atoms with Gasteiger partial charge in [-0.1, -0.05) is 11.3 Å². The quantitative estimate of drug-likeness (QED) is 0.479. The highest BCUT2D eigenvalue weighted by molar-refractivity contribution is 6.44. The van der Waals surface area contributed by atoms with Crippen LogP contribution in [0, 0.1) is 0 Å². The van der Waals surface area contributed by atoms with E-state index < -0.39 is 25.2 Å². The van der Waals surface area contributed by atoms with E-state index in [-0.39, 0.29) is 54.7 Å². The topological polar surface area (TPSA) is 164 Å². The van der Waals surface area contributed by atoms with Gasteiger partial charge in [0.2, 0.25) is 5.91 Å². The molecule has 0 spiro atoms. The van der Waals surface area contributed by atoms with Crippen LogP contribution in [0.1, 0.15) is 21.6 Å². The number of likely N-dealkylation sites (tertiary alicyclic amines) is 1. The first-order valence-electron chi connectivity index (χ1n) is 9.59. The summed E-state index contributed by atoms with van der Waals surface area (Å²) in [5, 5.41) is 35.5. The van der Waals surface area contributed by atoms with Crippen molar-refractivity contribution in [2.24, 2.45) is 0 Å². The molecule has 13 heteroatoms. The Morgan fingerprint density at radius 3 is 2.74 bits per heavy atom. The lowest BCUT2D eigenvalue weighted by molar-refractivity contribution is -0.141. The second kappa shape index (κ2) is 8.26. The summed E-state index contributed by atoms with van der Waals surface area (Å²) in [7, 11) is -1.06. The average molecular weight is 430 g/mol. The summed E-state index contributed by atoms with van der Waals surface area (Å²) in [6, 6.07) is 3.28. The van der Waals surface area contributed by atoms with Crippen LogP contribution in [0.2, 0.25) is 6.32 Å². The van der Waals surface area contributed by atoms with Crippen molar-refractivity contribution in [1.29, 1.82) is 0 Å². The Kier molecular flexibility index (Phi) is 5.50. The van der Waals surface area contributed by atoms with Crippen molar-refractivity contribution in [3.05, 3.63) is 35.2 Å². The molecule has 0 atom stereocenters. The molecule has 2 aliphatic heterocycles. The number of ether oxygens (including phenoxy) is 1. The molecule has 31 heavy (non-hydrogen) atoms. The molecule has 4 rings (SSSR count). The summed E-state index contributed by atoms with van der Waals surface area (Å²) in [6.45, 7) is 0.425. The zero-order chi connectivity index (χ0) is 22.1. The number of carbonyl (C=O) groups is 3. The van der Waals surface area contributed by atoms with Gasteiger partial charge in [0, 0.05) is 6.20 Å². The number of amides is 1. The Hall–Kier alpha value is -3.61. The molecule has 12 nitrogen and oxygen atoms in total. The fraction of sp³-hybridized carbons (Fsp3) is 0.389. The lowest BCUT2D eigenvalue weighted by Gasteiger charge is -2.39. The standard InChI is InChI=1S/C18H19BN4O8/c24-14(9-23-6-11(20-21-23)5-15(25)26)22-7-12(8-22)30-13-2-1-10-3-4-19(29)31-17(10)16(13)18(27)28/h1-2,6,12,29H,3-5,7-9H2,(H,25,26)(H,27,28). The first-order chi connectivity index (χ1) is 14.8. The molecule has 1 saturated heterocycles. The fourth-order valence-electron chi connectivity index (χ4n) is 3.50. The van der Waals surface area contributed by atoms with Crippen LogP contribution >= 0.6 is 0 Å². The molecule has 0 saturated carbocycles. The zero-order valence-electron chi connectivity index (χ0n) is 16.3. The van der Waals surface area contributed by atoms with E-state index in [2.05, 4.69) is 10.3 Å². The van der Waals surface area contributed by atoms with Crippen LogP contribution in [0.4, 0.5) is 0 Å². The van der Waals surface area contributed by atoms with Crippen LogP contribution in [-0.4, -0.2) is 79.3 Å². The highest BCUT2D eigenvalue weighted by atomic mass is 16.5. The summed E-state index contributed by atoms with van der Waals surface area (Å²) in [4.78, 5) is 36.3. The Labute approximate surface area is 176 Å². The normalized spacial score (nSPS) is 15.6. The van der Waals surface area contributed by atoms with Crippen molar-refractivity contribution >= 4 is 25.0 Å². The number of hydrogen-bond acceptors (Lipinski definition) is 8. The highest BCUT2D eigenvalue weighted by Crippen LogP contribution is 2.37. The van der Waals surface area contributed by atoms with E-state index in [9.17, 15) is 24.5 Å². The van der Waals surface area contributed by atoms with Gasteiger partial charge in [0.1, 0.15) is 29.7 Å². The second-order valence-corrected chi connectivity index (χ2v) is 7.36. The number of carboxylic acids is 2. The van der Waals surface area contributed by atoms with Gasteiger partial charge in [0.05, 0.1) is 25.2 Å². The molecular weight excluding hydrogens is 411 g/mol. The SMILES string of the molecule is O=C(O)Cc1cn(CC(=O)N2CC(Oc3ccc4c(c3C(=O)O)OB(O)CC4)C2)nn1. The molecule has 0 aliphatic carbocycles. The van der Waals surface area contributed by atoms with E-state index in [1.165, 1.54) is 15.8 Å². The Morgan fingerprint density at radius 1 is 1.26 bits per heavy atom. The largest absolute Gasteiger partial charge is 0.535 e. The number of fused-ring (bicyclic) bond motifs is 1. The van der Waals surface area contributed by atoms with Gasteiger partial charge in [-0.05, 0) is 24.4 Å². The lowest BCUT2D eigenvalue weighted by atomic mass is 9.78. The van der Waals surface area contributed by atoms with Crippen LogP contribution in [0.5, 0.6) is 11.5 Å². The van der Waals surface area contributed by atoms with Gasteiger partial charge in [-0.2, -0.15) is 0 Å². The minimum Gasteiger partial charge on any atom is -0.535 e. The molecule has 2 aliphatic rings. The summed E-state index contributed by atoms with van der Waals surface area (Å²) >= 11 is 0. The average Bonchev–Trinajstić information content (AvgIpc) is 3.09. The molecule has 1 amide bonds. The minimum atomic E-state index is -1.23. The van der Waals surface area contributed by atoms with Gasteiger partial charge < -0.3 is 29.5 Å². The van der Waals surface area contributed by atoms with E-state index in [0.29, 0.717) is 18.3 Å². The molecule has 0 bridgehead atoms. The van der Waals surface area contributed by atoms with E-state index in [0.717, 1.165) is 0 Å². The summed E-state index contributed by atoms with van der Waals surface area (Å²) in [5.74, 6) is -2.28. The third kappa shape index (κ3) is 4.45. The maximum absolute atomic E-state index is 12.4. The van der Waals surface area contributed by atoms with Crippen LogP contribution in [-0.2, 0) is 29.0 Å². The molecular formula is C18H19BN4O8. The lowest BCUT2D eigenvalue weighted by Crippen LogP contribution is -2.57. The number of hydrogen-bond donors (Lipinski definition) is 3. The van der Waals surface area contributed by atoms with Crippen molar-refractivity contribution in [2.75, 3.05) is 13.1 Å². The second-order valence-electron chi connectivity index (χ2n) is 7.36. The molecule has 3 N–H and O–H groups in total. The monoisotopic (exact) mass is 430 g/mol. The number of rotatable bonds is 7. The maximum Gasteiger partial charge on any atom is 0.522 e. The van der Waals surface area contributed by atoms with E-state index in [1.807, 2.05) is 0 Å². The minimum absolute atomic E-state index is 0.0930. The molecule has 1 fully saturated rings. The van der Waals surface area contributed by atoms with E-state index in [4.69, 9.17) is 14.5 Å². The first-order valence-corrected chi connectivity index (χ1v) is 9.59. The Balaban J connectivity index is 1.36. The number of benzene rings is 1. The number of carboxylic acid groups (broad SMARTS) is 2. The van der Waals surface area contributed by atoms with E-state index in [1.54, 1.807) is 12.1 Å². The van der Waals surface area contributed by atoms with Crippen LogP contribution in [0.25, 0.3) is 0 Å². The van der Waals surface area contributed by atoms with Crippen molar-refractivity contribution < 1.29 is 39.0 Å². The van der Waals surface area contributed by atoms with Gasteiger partial charge >= 0.3 is 19.1 Å². The van der Waals surface area contributed by atoms with E-state index >= 15 is 0 Å². The highest BCUT2D eigenvalue weighted by Gasteiger charge is 2.35. The van der Waals surface area contributed by atoms with Gasteiger partial charge in [-0.15, -0.1) is 5.10 Å². The van der Waals surface area contributed by atoms with Gasteiger partial charge in [-0.3, -0.25) is 9.59 Å². The number of aromatic carboxylic acids is 1. The molecule has 162 valence electrons. The van der Waals surface area contributed by atoms with Crippen molar-refractivity contribution in [1.82, 2.24) is 19.9 Å². The maximum atomic E-state index is 12.4. The smallest absolute Gasteiger partial charge is 0.522 e. The molecule has 2 aromatic rings. The molecule has 1 aromatic heterocycles.